The summed E-state index contributed by atoms with van der Waals surface area (Å²) in [7, 11) is -3.34. The minimum Gasteiger partial charge on any atom is -0.385 e. The van der Waals surface area contributed by atoms with Gasteiger partial charge < -0.3 is 5.73 Å². The van der Waals surface area contributed by atoms with Gasteiger partial charge in [0.15, 0.2) is 0 Å². The highest BCUT2D eigenvalue weighted by molar-refractivity contribution is 7.93. The Kier molecular flexibility index (Phi) is 1.63. The Labute approximate surface area is 76.0 Å². The third kappa shape index (κ3) is 1.31. The lowest BCUT2D eigenvalue weighted by molar-refractivity contribution is 0.595. The van der Waals surface area contributed by atoms with E-state index in [1.807, 2.05) is 0 Å². The van der Waals surface area contributed by atoms with E-state index < -0.39 is 15.2 Å². The van der Waals surface area contributed by atoms with E-state index in [2.05, 4.69) is 4.99 Å². The first-order valence-electron chi connectivity index (χ1n) is 3.74. The quantitative estimate of drug-likeness (QED) is 0.732. The molecule has 2 rings (SSSR count). The standard InChI is InChI=1S/C8H8N2O2S/c9-7-8(10-7)13(11,12)6-4-2-1-3-5-6/h1-5,8H,(H2,9,10). The van der Waals surface area contributed by atoms with Gasteiger partial charge in [0, 0.05) is 0 Å². The molecule has 0 aromatic heterocycles. The fourth-order valence-electron chi connectivity index (χ4n) is 1.07. The van der Waals surface area contributed by atoms with Gasteiger partial charge in [-0.1, -0.05) is 18.2 Å². The summed E-state index contributed by atoms with van der Waals surface area (Å²) >= 11 is 0. The maximum Gasteiger partial charge on any atom is 0.213 e. The third-order valence-corrected chi connectivity index (χ3v) is 3.68. The molecule has 0 amide bonds. The summed E-state index contributed by atoms with van der Waals surface area (Å²) in [5.41, 5.74) is 5.26. The fraction of sp³-hybridized carbons (Fsp3) is 0.125. The van der Waals surface area contributed by atoms with Crippen LogP contribution in [0.3, 0.4) is 0 Å². The van der Waals surface area contributed by atoms with E-state index in [1.165, 1.54) is 12.1 Å². The van der Waals surface area contributed by atoms with Gasteiger partial charge in [-0.2, -0.15) is 0 Å². The Morgan fingerprint density at radius 2 is 1.77 bits per heavy atom. The van der Waals surface area contributed by atoms with Crippen LogP contribution >= 0.6 is 0 Å². The lowest BCUT2D eigenvalue weighted by atomic mass is 10.4. The molecular formula is C8H8N2O2S. The predicted molar refractivity (Wildman–Crippen MR) is 49.0 cm³/mol. The van der Waals surface area contributed by atoms with Gasteiger partial charge in [-0.05, 0) is 12.1 Å². The molecule has 1 aliphatic rings. The van der Waals surface area contributed by atoms with Gasteiger partial charge in [0.1, 0.15) is 5.84 Å². The number of amidine groups is 1. The summed E-state index contributed by atoms with van der Waals surface area (Å²) in [5, 5.41) is -0.810. The summed E-state index contributed by atoms with van der Waals surface area (Å²) in [6.07, 6.45) is 0. The molecule has 1 atom stereocenters. The second-order valence-electron chi connectivity index (χ2n) is 2.76. The molecule has 13 heavy (non-hydrogen) atoms. The molecule has 1 unspecified atom stereocenters. The van der Waals surface area contributed by atoms with Gasteiger partial charge in [0.05, 0.1) is 4.90 Å². The molecule has 4 nitrogen and oxygen atoms in total. The van der Waals surface area contributed by atoms with Gasteiger partial charge in [0.25, 0.3) is 0 Å². The van der Waals surface area contributed by atoms with Crippen molar-refractivity contribution in [2.45, 2.75) is 10.3 Å². The van der Waals surface area contributed by atoms with Crippen LogP contribution in [0.1, 0.15) is 0 Å². The normalized spacial score (nSPS) is 20.9. The van der Waals surface area contributed by atoms with E-state index in [0.29, 0.717) is 0 Å². The molecule has 5 heteroatoms. The Morgan fingerprint density at radius 1 is 1.23 bits per heavy atom. The average Bonchev–Trinajstić information content (AvgIpc) is 2.85. The minimum absolute atomic E-state index is 0.198. The molecule has 1 aliphatic heterocycles. The zero-order valence-corrected chi connectivity index (χ0v) is 7.53. The summed E-state index contributed by atoms with van der Waals surface area (Å²) < 4.78 is 23.2. The van der Waals surface area contributed by atoms with Gasteiger partial charge in [-0.3, -0.25) is 0 Å². The van der Waals surface area contributed by atoms with Crippen LogP contribution in [-0.4, -0.2) is 19.6 Å². The summed E-state index contributed by atoms with van der Waals surface area (Å²) in [5.74, 6) is 0.198. The van der Waals surface area contributed by atoms with Crippen molar-refractivity contribution in [3.05, 3.63) is 30.3 Å². The second-order valence-corrected chi connectivity index (χ2v) is 4.77. The fourth-order valence-corrected chi connectivity index (χ4v) is 2.44. The lowest BCUT2D eigenvalue weighted by Crippen LogP contribution is -2.18. The van der Waals surface area contributed by atoms with Crippen molar-refractivity contribution in [1.29, 1.82) is 0 Å². The number of rotatable bonds is 2. The zero-order chi connectivity index (χ0) is 9.47. The molecular weight excluding hydrogens is 188 g/mol. The number of nitrogens with two attached hydrogens (primary N) is 1. The van der Waals surface area contributed by atoms with E-state index in [1.54, 1.807) is 18.2 Å². The van der Waals surface area contributed by atoms with E-state index in [4.69, 9.17) is 5.73 Å². The van der Waals surface area contributed by atoms with Crippen molar-refractivity contribution in [2.75, 3.05) is 0 Å². The molecule has 1 aromatic carbocycles. The summed E-state index contributed by atoms with van der Waals surface area (Å²) in [4.78, 5) is 3.88. The third-order valence-electron chi connectivity index (χ3n) is 1.82. The maximum atomic E-state index is 11.6. The molecule has 0 saturated heterocycles. The number of hydrogen-bond acceptors (Lipinski definition) is 4. The molecule has 0 saturated carbocycles. The first kappa shape index (κ1) is 8.25. The zero-order valence-electron chi connectivity index (χ0n) is 6.71. The van der Waals surface area contributed by atoms with Crippen LogP contribution in [0.4, 0.5) is 0 Å². The summed E-state index contributed by atoms with van der Waals surface area (Å²) in [6, 6.07) is 8.18. The number of aliphatic imine (C=N–C) groups is 1. The van der Waals surface area contributed by atoms with Crippen LogP contribution in [0.2, 0.25) is 0 Å². The highest BCUT2D eigenvalue weighted by Gasteiger charge is 2.39. The first-order valence-corrected chi connectivity index (χ1v) is 5.29. The van der Waals surface area contributed by atoms with Crippen molar-refractivity contribution >= 4 is 15.7 Å². The maximum absolute atomic E-state index is 11.6. The molecule has 1 aromatic rings. The largest absolute Gasteiger partial charge is 0.385 e. The van der Waals surface area contributed by atoms with Crippen molar-refractivity contribution in [3.8, 4) is 0 Å². The minimum atomic E-state index is -3.34. The Morgan fingerprint density at radius 3 is 2.23 bits per heavy atom. The van der Waals surface area contributed by atoms with Gasteiger partial charge in [-0.15, -0.1) is 0 Å². The molecule has 2 N–H and O–H groups in total. The van der Waals surface area contributed by atoms with Gasteiger partial charge >= 0.3 is 0 Å². The van der Waals surface area contributed by atoms with Crippen molar-refractivity contribution < 1.29 is 8.42 Å². The molecule has 0 spiro atoms. The number of sulfone groups is 1. The summed E-state index contributed by atoms with van der Waals surface area (Å²) in [6.45, 7) is 0. The van der Waals surface area contributed by atoms with Crippen LogP contribution in [0.15, 0.2) is 40.2 Å². The van der Waals surface area contributed by atoms with Crippen LogP contribution in [0.25, 0.3) is 0 Å². The van der Waals surface area contributed by atoms with Crippen LogP contribution in [0, 0.1) is 0 Å². The SMILES string of the molecule is NC1=NC1S(=O)(=O)c1ccccc1. The molecule has 1 heterocycles. The topological polar surface area (TPSA) is 72.5 Å². The molecule has 0 fully saturated rings. The van der Waals surface area contributed by atoms with Crippen LogP contribution in [0.5, 0.6) is 0 Å². The number of benzene rings is 1. The molecule has 0 bridgehead atoms. The van der Waals surface area contributed by atoms with Crippen molar-refractivity contribution in [2.24, 2.45) is 10.7 Å². The van der Waals surface area contributed by atoms with E-state index in [-0.39, 0.29) is 10.7 Å². The average molecular weight is 196 g/mol. The van der Waals surface area contributed by atoms with E-state index in [0.717, 1.165) is 0 Å². The molecule has 0 aliphatic carbocycles. The smallest absolute Gasteiger partial charge is 0.213 e. The predicted octanol–water partition coefficient (Wildman–Crippen LogP) is 0.157. The highest BCUT2D eigenvalue weighted by atomic mass is 32.2. The second kappa shape index (κ2) is 2.56. The highest BCUT2D eigenvalue weighted by Crippen LogP contribution is 2.23. The monoisotopic (exact) mass is 196 g/mol. The number of nitrogens with zero attached hydrogens (tertiary/aromatic N) is 1. The Balaban J connectivity index is 2.37. The van der Waals surface area contributed by atoms with Gasteiger partial charge in [-0.25, -0.2) is 13.4 Å². The van der Waals surface area contributed by atoms with Crippen LogP contribution < -0.4 is 5.73 Å². The first-order chi connectivity index (χ1) is 6.12. The number of hydrogen-bond donors (Lipinski definition) is 1. The van der Waals surface area contributed by atoms with Gasteiger partial charge in [0.2, 0.25) is 15.2 Å². The lowest BCUT2D eigenvalue weighted by Gasteiger charge is -1.99. The molecule has 68 valence electrons. The molecule has 0 radical (unpaired) electrons. The Bertz CT molecular complexity index is 450. The van der Waals surface area contributed by atoms with Crippen molar-refractivity contribution in [1.82, 2.24) is 0 Å². The van der Waals surface area contributed by atoms with Crippen molar-refractivity contribution in [3.63, 3.8) is 0 Å². The van der Waals surface area contributed by atoms with Crippen LogP contribution in [-0.2, 0) is 9.84 Å². The van der Waals surface area contributed by atoms with E-state index >= 15 is 0 Å². The van der Waals surface area contributed by atoms with E-state index in [9.17, 15) is 8.42 Å². The Hall–Kier alpha value is -1.36.